The highest BCUT2D eigenvalue weighted by Crippen LogP contribution is 2.20. The molecule has 3 nitrogen and oxygen atoms in total. The molecule has 0 radical (unpaired) electrons. The Balaban J connectivity index is 0.00000109. The molecule has 1 fully saturated rings. The van der Waals surface area contributed by atoms with Gasteiger partial charge in [0.25, 0.3) is 0 Å². The second kappa shape index (κ2) is 10.00. The van der Waals surface area contributed by atoms with Crippen LogP contribution in [0.2, 0.25) is 0 Å². The van der Waals surface area contributed by atoms with Crippen molar-refractivity contribution >= 4 is 5.91 Å². The smallest absolute Gasteiger partial charge is 0.222 e. The zero-order valence-corrected chi connectivity index (χ0v) is 15.7. The third kappa shape index (κ3) is 5.71. The first kappa shape index (κ1) is 19.2. The van der Waals surface area contributed by atoms with Crippen LogP contribution in [0, 0.1) is 0 Å². The van der Waals surface area contributed by atoms with Crippen LogP contribution >= 0.6 is 0 Å². The Labute approximate surface area is 152 Å². The predicted molar refractivity (Wildman–Crippen MR) is 104 cm³/mol. The summed E-state index contributed by atoms with van der Waals surface area (Å²) in [6.07, 6.45) is 1.60. The zero-order chi connectivity index (χ0) is 18.1. The topological polar surface area (TPSA) is 23.6 Å². The Bertz CT molecular complexity index is 585. The maximum atomic E-state index is 11.8. The fourth-order valence-electron chi connectivity index (χ4n) is 3.24. The maximum Gasteiger partial charge on any atom is 0.222 e. The van der Waals surface area contributed by atoms with Crippen LogP contribution in [0.1, 0.15) is 37.8 Å². The van der Waals surface area contributed by atoms with Crippen molar-refractivity contribution < 1.29 is 4.79 Å². The molecule has 0 bridgehead atoms. The number of hydrogen-bond donors (Lipinski definition) is 0. The number of likely N-dealkylation sites (tertiary alicyclic amines) is 1. The van der Waals surface area contributed by atoms with Crippen LogP contribution in [-0.2, 0) is 17.9 Å². The molecule has 3 rings (SSSR count). The normalized spacial score (nSPS) is 17.2. The van der Waals surface area contributed by atoms with E-state index < -0.39 is 0 Å². The number of amides is 1. The summed E-state index contributed by atoms with van der Waals surface area (Å²) >= 11 is 0. The van der Waals surface area contributed by atoms with Gasteiger partial charge in [-0.15, -0.1) is 0 Å². The third-order valence-corrected chi connectivity index (χ3v) is 4.58. The van der Waals surface area contributed by atoms with E-state index >= 15 is 0 Å². The molecular formula is C22H30N2O. The van der Waals surface area contributed by atoms with Crippen molar-refractivity contribution in [1.29, 1.82) is 0 Å². The van der Waals surface area contributed by atoms with Crippen molar-refractivity contribution in [3.63, 3.8) is 0 Å². The van der Waals surface area contributed by atoms with Crippen LogP contribution in [0.25, 0.3) is 0 Å². The van der Waals surface area contributed by atoms with Crippen molar-refractivity contribution in [2.45, 2.75) is 45.8 Å². The molecule has 0 N–H and O–H groups in total. The second-order valence-corrected chi connectivity index (χ2v) is 6.34. The third-order valence-electron chi connectivity index (χ3n) is 4.58. The number of likely N-dealkylation sites (N-methyl/N-ethyl adjacent to an activating group) is 1. The zero-order valence-electron chi connectivity index (χ0n) is 15.7. The predicted octanol–water partition coefficient (Wildman–Crippen LogP) is 4.34. The molecule has 1 aliphatic heterocycles. The van der Waals surface area contributed by atoms with E-state index in [1.165, 1.54) is 11.1 Å². The molecule has 2 aromatic rings. The summed E-state index contributed by atoms with van der Waals surface area (Å²) in [6, 6.07) is 21.6. The first-order chi connectivity index (χ1) is 12.2. The minimum Gasteiger partial charge on any atom is -0.344 e. The van der Waals surface area contributed by atoms with Gasteiger partial charge in [0.2, 0.25) is 5.91 Å². The van der Waals surface area contributed by atoms with E-state index in [-0.39, 0.29) is 5.91 Å². The molecule has 0 spiro atoms. The fourth-order valence-corrected chi connectivity index (χ4v) is 3.24. The van der Waals surface area contributed by atoms with Crippen molar-refractivity contribution in [3.8, 4) is 0 Å². The summed E-state index contributed by atoms with van der Waals surface area (Å²) < 4.78 is 0. The number of carbonyl (C=O) groups is 1. The Morgan fingerprint density at radius 1 is 0.920 bits per heavy atom. The quantitative estimate of drug-likeness (QED) is 0.810. The van der Waals surface area contributed by atoms with E-state index in [0.29, 0.717) is 12.5 Å². The average molecular weight is 338 g/mol. The van der Waals surface area contributed by atoms with Crippen molar-refractivity contribution in [2.24, 2.45) is 0 Å². The Morgan fingerprint density at radius 3 is 1.84 bits per heavy atom. The lowest BCUT2D eigenvalue weighted by atomic mass is 10.0. The lowest BCUT2D eigenvalue weighted by molar-refractivity contribution is -0.133. The highest BCUT2D eigenvalue weighted by molar-refractivity contribution is 5.76. The largest absolute Gasteiger partial charge is 0.344 e. The van der Waals surface area contributed by atoms with Gasteiger partial charge in [-0.3, -0.25) is 9.69 Å². The van der Waals surface area contributed by atoms with Crippen LogP contribution in [-0.4, -0.2) is 35.3 Å². The van der Waals surface area contributed by atoms with Crippen molar-refractivity contribution in [3.05, 3.63) is 71.8 Å². The van der Waals surface area contributed by atoms with Crippen LogP contribution in [0.4, 0.5) is 0 Å². The van der Waals surface area contributed by atoms with Gasteiger partial charge in [-0.25, -0.2) is 0 Å². The van der Waals surface area contributed by atoms with E-state index in [1.807, 2.05) is 25.8 Å². The van der Waals surface area contributed by atoms with Crippen LogP contribution < -0.4 is 0 Å². The second-order valence-electron chi connectivity index (χ2n) is 6.34. The average Bonchev–Trinajstić information content (AvgIpc) is 2.67. The molecule has 0 saturated carbocycles. The van der Waals surface area contributed by atoms with Gasteiger partial charge in [0, 0.05) is 39.1 Å². The minimum absolute atomic E-state index is 0.264. The lowest BCUT2D eigenvalue weighted by Gasteiger charge is -2.38. The van der Waals surface area contributed by atoms with E-state index in [0.717, 1.165) is 26.1 Å². The van der Waals surface area contributed by atoms with Gasteiger partial charge >= 0.3 is 0 Å². The summed E-state index contributed by atoms with van der Waals surface area (Å²) in [5.74, 6) is 0.264. The first-order valence-electron chi connectivity index (χ1n) is 9.28. The molecule has 3 heteroatoms. The number of rotatable bonds is 5. The number of benzene rings is 2. The highest BCUT2D eigenvalue weighted by Gasteiger charge is 2.27. The number of carbonyl (C=O) groups excluding carboxylic acids is 1. The lowest BCUT2D eigenvalue weighted by Crippen LogP contribution is -2.48. The van der Waals surface area contributed by atoms with Gasteiger partial charge in [0.1, 0.15) is 0 Å². The molecule has 1 amide bonds. The minimum atomic E-state index is 0.264. The van der Waals surface area contributed by atoms with Gasteiger partial charge in [-0.1, -0.05) is 74.5 Å². The maximum absolute atomic E-state index is 11.8. The van der Waals surface area contributed by atoms with E-state index in [4.69, 9.17) is 0 Å². The summed E-state index contributed by atoms with van der Waals surface area (Å²) in [6.45, 7) is 6.66. The molecule has 1 atom stereocenters. The molecule has 0 aromatic heterocycles. The molecule has 0 unspecified atom stereocenters. The van der Waals surface area contributed by atoms with E-state index in [1.54, 1.807) is 0 Å². The van der Waals surface area contributed by atoms with Gasteiger partial charge < -0.3 is 4.90 Å². The standard InChI is InChI=1S/C20H24N2O.C2H6/c1-21-16-19(12-13-20(21)23)22(14-17-8-4-2-5-9-17)15-18-10-6-3-7-11-18;1-2/h2-11,19H,12-16H2,1H3;1-2H3/t19-;/m0./s1. The van der Waals surface area contributed by atoms with Crippen LogP contribution in [0.5, 0.6) is 0 Å². The Hall–Kier alpha value is -2.13. The fraction of sp³-hybridized carbons (Fsp3) is 0.409. The van der Waals surface area contributed by atoms with Crippen LogP contribution in [0.15, 0.2) is 60.7 Å². The number of nitrogens with zero attached hydrogens (tertiary/aromatic N) is 2. The molecular weight excluding hydrogens is 308 g/mol. The van der Waals surface area contributed by atoms with Gasteiger partial charge in [-0.05, 0) is 17.5 Å². The monoisotopic (exact) mass is 338 g/mol. The van der Waals surface area contributed by atoms with Gasteiger partial charge in [0.15, 0.2) is 0 Å². The SMILES string of the molecule is CC.CN1C[C@@H](N(Cc2ccccc2)Cc2ccccc2)CCC1=O. The Morgan fingerprint density at radius 2 is 1.40 bits per heavy atom. The summed E-state index contributed by atoms with van der Waals surface area (Å²) in [4.78, 5) is 16.2. The molecule has 1 saturated heterocycles. The number of piperidine rings is 1. The molecule has 1 aliphatic rings. The summed E-state index contributed by atoms with van der Waals surface area (Å²) in [7, 11) is 1.91. The van der Waals surface area contributed by atoms with Crippen LogP contribution in [0.3, 0.4) is 0 Å². The molecule has 25 heavy (non-hydrogen) atoms. The summed E-state index contributed by atoms with van der Waals surface area (Å²) in [5.41, 5.74) is 2.64. The molecule has 134 valence electrons. The van der Waals surface area contributed by atoms with E-state index in [9.17, 15) is 4.79 Å². The molecule has 0 aliphatic carbocycles. The van der Waals surface area contributed by atoms with Gasteiger partial charge in [-0.2, -0.15) is 0 Å². The first-order valence-corrected chi connectivity index (χ1v) is 9.28. The van der Waals surface area contributed by atoms with Crippen molar-refractivity contribution in [2.75, 3.05) is 13.6 Å². The highest BCUT2D eigenvalue weighted by atomic mass is 16.2. The molecule has 1 heterocycles. The van der Waals surface area contributed by atoms with E-state index in [2.05, 4.69) is 65.6 Å². The molecule has 2 aromatic carbocycles. The van der Waals surface area contributed by atoms with Crippen molar-refractivity contribution in [1.82, 2.24) is 9.80 Å². The Kier molecular flexibility index (Phi) is 7.68. The van der Waals surface area contributed by atoms with Gasteiger partial charge in [0.05, 0.1) is 0 Å². The summed E-state index contributed by atoms with van der Waals surface area (Å²) in [5, 5.41) is 0. The number of hydrogen-bond acceptors (Lipinski definition) is 2.